The Morgan fingerprint density at radius 2 is 1.89 bits per heavy atom. The Morgan fingerprint density at radius 3 is 2.67 bits per heavy atom. The van der Waals surface area contributed by atoms with Crippen molar-refractivity contribution < 1.29 is 9.63 Å². The van der Waals surface area contributed by atoms with Crippen LogP contribution in [-0.4, -0.2) is 63.4 Å². The van der Waals surface area contributed by atoms with Crippen LogP contribution in [0.5, 0.6) is 0 Å². The monoisotopic (exact) mass is 370 g/mol. The van der Waals surface area contributed by atoms with Crippen molar-refractivity contribution in [1.29, 1.82) is 0 Å². The first-order valence-corrected chi connectivity index (χ1v) is 10.3. The van der Waals surface area contributed by atoms with Gasteiger partial charge in [-0.05, 0) is 19.3 Å². The third-order valence-corrected chi connectivity index (χ3v) is 5.98. The molecule has 27 heavy (non-hydrogen) atoms. The first kappa shape index (κ1) is 18.6. The summed E-state index contributed by atoms with van der Waals surface area (Å²) in [6.45, 7) is 3.97. The van der Waals surface area contributed by atoms with Gasteiger partial charge < -0.3 is 9.63 Å². The zero-order valence-electron chi connectivity index (χ0n) is 16.0. The van der Waals surface area contributed by atoms with Gasteiger partial charge in [-0.25, -0.2) is 0 Å². The number of rotatable bonds is 6. The summed E-state index contributed by atoms with van der Waals surface area (Å²) in [6.07, 6.45) is 7.54. The number of hydrogen-bond donors (Lipinski definition) is 1. The van der Waals surface area contributed by atoms with Gasteiger partial charge in [0.1, 0.15) is 0 Å². The van der Waals surface area contributed by atoms with Crippen LogP contribution in [0.2, 0.25) is 0 Å². The van der Waals surface area contributed by atoms with Crippen LogP contribution >= 0.6 is 0 Å². The van der Waals surface area contributed by atoms with Crippen LogP contribution in [0.4, 0.5) is 0 Å². The quantitative estimate of drug-likeness (QED) is 0.843. The Hall–Kier alpha value is -1.76. The maximum atomic E-state index is 9.55. The van der Waals surface area contributed by atoms with E-state index in [1.165, 1.54) is 32.1 Å². The molecule has 1 aromatic carbocycles. The normalized spacial score (nSPS) is 22.9. The van der Waals surface area contributed by atoms with Crippen LogP contribution in [0.1, 0.15) is 44.4 Å². The first-order valence-electron chi connectivity index (χ1n) is 10.3. The number of aliphatic hydroxyl groups excluding tert-OH is 1. The SMILES string of the molecule is OCCC1CN(Cc2nc(-c3ccccc3)no2)CCN1C1CCCCC1. The number of hydrogen-bond acceptors (Lipinski definition) is 6. The molecule has 2 fully saturated rings. The fourth-order valence-corrected chi connectivity index (χ4v) is 4.59. The highest BCUT2D eigenvalue weighted by atomic mass is 16.5. The lowest BCUT2D eigenvalue weighted by Crippen LogP contribution is -2.56. The summed E-state index contributed by atoms with van der Waals surface area (Å²) in [5.74, 6) is 1.32. The lowest BCUT2D eigenvalue weighted by molar-refractivity contribution is 0.0105. The van der Waals surface area contributed by atoms with E-state index in [-0.39, 0.29) is 6.61 Å². The molecule has 1 saturated carbocycles. The van der Waals surface area contributed by atoms with Crippen molar-refractivity contribution in [1.82, 2.24) is 19.9 Å². The van der Waals surface area contributed by atoms with Gasteiger partial charge in [0.25, 0.3) is 0 Å². The highest BCUT2D eigenvalue weighted by molar-refractivity contribution is 5.53. The summed E-state index contributed by atoms with van der Waals surface area (Å²) < 4.78 is 5.49. The molecule has 0 bridgehead atoms. The predicted octanol–water partition coefficient (Wildman–Crippen LogP) is 2.94. The molecule has 1 unspecified atom stereocenters. The second-order valence-electron chi connectivity index (χ2n) is 7.81. The lowest BCUT2D eigenvalue weighted by Gasteiger charge is -2.46. The minimum Gasteiger partial charge on any atom is -0.396 e. The average Bonchev–Trinajstić information content (AvgIpc) is 3.18. The molecule has 0 amide bonds. The van der Waals surface area contributed by atoms with Gasteiger partial charge in [0, 0.05) is 43.9 Å². The maximum Gasteiger partial charge on any atom is 0.241 e. The minimum atomic E-state index is 0.250. The fourth-order valence-electron chi connectivity index (χ4n) is 4.59. The molecule has 0 spiro atoms. The maximum absolute atomic E-state index is 9.55. The second kappa shape index (κ2) is 8.95. The van der Waals surface area contributed by atoms with E-state index in [9.17, 15) is 5.11 Å². The molecule has 146 valence electrons. The average molecular weight is 370 g/mol. The summed E-state index contributed by atoms with van der Waals surface area (Å²) in [7, 11) is 0. The van der Waals surface area contributed by atoms with Crippen molar-refractivity contribution in [3.05, 3.63) is 36.2 Å². The fraction of sp³-hybridized carbons (Fsp3) is 0.619. The highest BCUT2D eigenvalue weighted by Crippen LogP contribution is 2.27. The number of nitrogens with zero attached hydrogens (tertiary/aromatic N) is 4. The Kier molecular flexibility index (Phi) is 6.17. The molecule has 1 aliphatic carbocycles. The van der Waals surface area contributed by atoms with Crippen LogP contribution in [-0.2, 0) is 6.54 Å². The van der Waals surface area contributed by atoms with Crippen molar-refractivity contribution in [2.75, 3.05) is 26.2 Å². The van der Waals surface area contributed by atoms with Crippen LogP contribution in [0.3, 0.4) is 0 Å². The second-order valence-corrected chi connectivity index (χ2v) is 7.81. The number of piperazine rings is 1. The number of aliphatic hydroxyl groups is 1. The van der Waals surface area contributed by atoms with Crippen LogP contribution in [0.25, 0.3) is 11.4 Å². The van der Waals surface area contributed by atoms with Gasteiger partial charge in [0.15, 0.2) is 0 Å². The van der Waals surface area contributed by atoms with Crippen molar-refractivity contribution in [2.45, 2.75) is 57.2 Å². The molecule has 1 saturated heterocycles. The van der Waals surface area contributed by atoms with Gasteiger partial charge in [-0.3, -0.25) is 9.80 Å². The molecule has 1 N–H and O–H groups in total. The summed E-state index contributed by atoms with van der Waals surface area (Å²) in [5.41, 5.74) is 0.979. The molecule has 0 radical (unpaired) electrons. The molecule has 1 aliphatic heterocycles. The molecule has 2 aliphatic rings. The summed E-state index contributed by atoms with van der Waals surface area (Å²) >= 11 is 0. The van der Waals surface area contributed by atoms with E-state index in [0.717, 1.165) is 31.6 Å². The summed E-state index contributed by atoms with van der Waals surface area (Å²) in [5, 5.41) is 13.7. The van der Waals surface area contributed by atoms with Crippen LogP contribution in [0, 0.1) is 0 Å². The standard InChI is InChI=1S/C21H30N4O2/c26-14-11-19-15-24(12-13-25(19)18-9-5-2-6-10-18)16-20-22-21(23-27-20)17-7-3-1-4-8-17/h1,3-4,7-8,18-19,26H,2,5-6,9-16H2. The zero-order valence-corrected chi connectivity index (χ0v) is 16.0. The van der Waals surface area contributed by atoms with E-state index in [1.807, 2.05) is 30.3 Å². The molecule has 2 aromatic rings. The first-order chi connectivity index (χ1) is 13.3. The van der Waals surface area contributed by atoms with Crippen LogP contribution in [0.15, 0.2) is 34.9 Å². The van der Waals surface area contributed by atoms with E-state index in [4.69, 9.17) is 4.52 Å². The number of benzene rings is 1. The number of aromatic nitrogens is 2. The van der Waals surface area contributed by atoms with Gasteiger partial charge in [-0.1, -0.05) is 54.8 Å². The van der Waals surface area contributed by atoms with E-state index in [0.29, 0.717) is 30.3 Å². The lowest BCUT2D eigenvalue weighted by atomic mass is 9.92. The smallest absolute Gasteiger partial charge is 0.241 e. The van der Waals surface area contributed by atoms with E-state index in [1.54, 1.807) is 0 Å². The molecule has 1 aromatic heterocycles. The van der Waals surface area contributed by atoms with Crippen molar-refractivity contribution in [3.8, 4) is 11.4 Å². The van der Waals surface area contributed by atoms with Crippen molar-refractivity contribution >= 4 is 0 Å². The van der Waals surface area contributed by atoms with Crippen LogP contribution < -0.4 is 0 Å². The van der Waals surface area contributed by atoms with Crippen molar-refractivity contribution in [2.24, 2.45) is 0 Å². The van der Waals surface area contributed by atoms with E-state index >= 15 is 0 Å². The van der Waals surface area contributed by atoms with Gasteiger partial charge in [0.2, 0.25) is 11.7 Å². The molecular weight excluding hydrogens is 340 g/mol. The molecular formula is C21H30N4O2. The van der Waals surface area contributed by atoms with Crippen molar-refractivity contribution in [3.63, 3.8) is 0 Å². The Morgan fingerprint density at radius 1 is 1.07 bits per heavy atom. The molecule has 2 heterocycles. The van der Waals surface area contributed by atoms with Gasteiger partial charge in [0.05, 0.1) is 6.54 Å². The molecule has 4 rings (SSSR count). The third-order valence-electron chi connectivity index (χ3n) is 5.98. The van der Waals surface area contributed by atoms with E-state index < -0.39 is 0 Å². The minimum absolute atomic E-state index is 0.250. The van der Waals surface area contributed by atoms with Gasteiger partial charge >= 0.3 is 0 Å². The van der Waals surface area contributed by atoms with Gasteiger partial charge in [-0.2, -0.15) is 4.98 Å². The molecule has 1 atom stereocenters. The summed E-state index contributed by atoms with van der Waals surface area (Å²) in [4.78, 5) is 9.62. The highest BCUT2D eigenvalue weighted by Gasteiger charge is 2.32. The predicted molar refractivity (Wildman–Crippen MR) is 104 cm³/mol. The zero-order chi connectivity index (χ0) is 18.5. The molecule has 6 heteroatoms. The Bertz CT molecular complexity index is 699. The largest absolute Gasteiger partial charge is 0.396 e. The summed E-state index contributed by atoms with van der Waals surface area (Å²) in [6, 6.07) is 11.1. The van der Waals surface area contributed by atoms with Gasteiger partial charge in [-0.15, -0.1) is 0 Å². The van der Waals surface area contributed by atoms with E-state index in [2.05, 4.69) is 19.9 Å². The Labute approximate surface area is 161 Å². The molecule has 6 nitrogen and oxygen atoms in total. The topological polar surface area (TPSA) is 65.6 Å². The third kappa shape index (κ3) is 4.57. The Balaban J connectivity index is 1.38.